The number of H-pyrrole nitrogens is 2. The van der Waals surface area contributed by atoms with Gasteiger partial charge in [0.1, 0.15) is 0 Å². The predicted molar refractivity (Wildman–Crippen MR) is 224 cm³/mol. The van der Waals surface area contributed by atoms with Gasteiger partial charge in [-0.25, -0.2) is 0 Å². The summed E-state index contributed by atoms with van der Waals surface area (Å²) in [5, 5.41) is 30.6. The van der Waals surface area contributed by atoms with Gasteiger partial charge in [-0.15, -0.1) is 0 Å². The summed E-state index contributed by atoms with van der Waals surface area (Å²) in [5.41, 5.74) is 2.48. The number of rotatable bonds is 12. The minimum absolute atomic E-state index is 0. The first-order chi connectivity index (χ1) is 30.7. The Bertz CT molecular complexity index is 2840. The third kappa shape index (κ3) is 9.55. The molecule has 6 fully saturated rings. The van der Waals surface area contributed by atoms with Crippen LogP contribution in [0.25, 0.3) is 21.8 Å². The van der Waals surface area contributed by atoms with Gasteiger partial charge < -0.3 is 26.0 Å². The van der Waals surface area contributed by atoms with Crippen LogP contribution in [-0.4, -0.2) is 72.9 Å². The predicted octanol–water partition coefficient (Wildman–Crippen LogP) is 5.52. The molecule has 2 amide bonds. The molecule has 6 saturated carbocycles. The summed E-state index contributed by atoms with van der Waals surface area (Å²) in [6, 6.07) is 20.9. The van der Waals surface area contributed by atoms with Crippen molar-refractivity contribution in [3.05, 3.63) is 130 Å². The molecule has 0 aliphatic heterocycles. The third-order valence-electron chi connectivity index (χ3n) is 13.4. The zero-order valence-electron chi connectivity index (χ0n) is 36.3. The van der Waals surface area contributed by atoms with Gasteiger partial charge in [-0.05, 0) is 121 Å². The molecule has 2 heterocycles. The first kappa shape index (κ1) is 49.2. The summed E-state index contributed by atoms with van der Waals surface area (Å²) in [7, 11) is 1.37. The van der Waals surface area contributed by atoms with Crippen LogP contribution in [0.4, 0.5) is 26.3 Å². The van der Waals surface area contributed by atoms with E-state index in [1.54, 1.807) is 12.1 Å². The van der Waals surface area contributed by atoms with E-state index in [9.17, 15) is 45.5 Å². The molecule has 67 heavy (non-hydrogen) atoms. The summed E-state index contributed by atoms with van der Waals surface area (Å²) in [5.74, 6) is -1.69. The number of nitrogens with zero attached hydrogens (tertiary/aromatic N) is 2. The number of alkyl halides is 6. The Kier molecular flexibility index (Phi) is 13.0. The van der Waals surface area contributed by atoms with Crippen molar-refractivity contribution in [1.82, 2.24) is 31.0 Å². The molecule has 20 heteroatoms. The maximum absolute atomic E-state index is 13.1. The smallest absolute Gasteiger partial charge is 0.870 e. The van der Waals surface area contributed by atoms with E-state index >= 15 is 0 Å². The molecular weight excluding hydrogens is 898 g/mol. The maximum Gasteiger partial charge on any atom is 1.00 e. The van der Waals surface area contributed by atoms with Crippen LogP contribution in [0, 0.1) is 10.8 Å². The van der Waals surface area contributed by atoms with Gasteiger partial charge in [0.15, 0.2) is 11.4 Å². The number of carbonyl (C=O) groups is 4. The number of aromatic amines is 2. The number of esters is 1. The topological polar surface area (TPSA) is 209 Å². The van der Waals surface area contributed by atoms with Crippen molar-refractivity contribution in [3.8, 4) is 0 Å². The number of aromatic nitrogens is 4. The molecule has 0 radical (unpaired) electrons. The Morgan fingerprint density at radius 3 is 1.34 bits per heavy atom. The van der Waals surface area contributed by atoms with Crippen LogP contribution < -0.4 is 40.2 Å². The number of aliphatic carboxylic acids is 1. The van der Waals surface area contributed by atoms with E-state index in [4.69, 9.17) is 9.84 Å². The Labute approximate surface area is 400 Å². The summed E-state index contributed by atoms with van der Waals surface area (Å²) >= 11 is 0. The molecule has 2 aromatic heterocycles. The van der Waals surface area contributed by atoms with E-state index in [1.807, 2.05) is 24.3 Å². The van der Waals surface area contributed by atoms with E-state index in [2.05, 4.69) is 31.0 Å². The van der Waals surface area contributed by atoms with Crippen molar-refractivity contribution in [2.45, 2.75) is 87.6 Å². The second-order valence-corrected chi connectivity index (χ2v) is 18.4. The maximum atomic E-state index is 13.1. The van der Waals surface area contributed by atoms with E-state index in [1.165, 1.54) is 31.4 Å². The number of carboxylic acid groups (broad SMARTS) is 1. The second kappa shape index (κ2) is 17.7. The van der Waals surface area contributed by atoms with Gasteiger partial charge >= 0.3 is 53.8 Å². The number of benzene rings is 4. The zero-order chi connectivity index (χ0) is 46.2. The molecule has 4 aromatic carbocycles. The number of hydrogen-bond acceptors (Lipinski definition) is 8. The Balaban J connectivity index is 0.000000193. The summed E-state index contributed by atoms with van der Waals surface area (Å²) in [6.45, 7) is 0. The van der Waals surface area contributed by atoms with E-state index in [0.29, 0.717) is 71.5 Å². The minimum atomic E-state index is -4.39. The van der Waals surface area contributed by atoms with Crippen molar-refractivity contribution in [3.63, 3.8) is 0 Å². The molecule has 13 nitrogen and oxygen atoms in total. The SMILES string of the molecule is COC(=O)CC12CC(NC(=O)c3n[nH]c4cccc(Cc5ccc(C(F)(F)F)cc5)c34)(C1)C2.O=C(O)CC12CC(NC(=O)c3n[nH]c4cccc(Cc5ccc(C(F)(F)F)cc5)c34)(C1)C2.[Na+].[OH-]. The molecule has 6 N–H and O–H groups in total. The Morgan fingerprint density at radius 1 is 0.627 bits per heavy atom. The molecule has 0 unspecified atom stereocenters. The van der Waals surface area contributed by atoms with Crippen LogP contribution >= 0.6 is 0 Å². The fourth-order valence-corrected chi connectivity index (χ4v) is 10.9. The van der Waals surface area contributed by atoms with Crippen molar-refractivity contribution in [2.24, 2.45) is 10.8 Å². The normalized spacial score (nSPS) is 23.0. The summed E-state index contributed by atoms with van der Waals surface area (Å²) in [4.78, 5) is 48.7. The fraction of sp³-hybridized carbons (Fsp3) is 0.362. The van der Waals surface area contributed by atoms with Gasteiger partial charge in [0.05, 0.1) is 42.1 Å². The van der Waals surface area contributed by atoms with Gasteiger partial charge in [-0.1, -0.05) is 48.5 Å². The first-order valence-electron chi connectivity index (χ1n) is 20.9. The van der Waals surface area contributed by atoms with E-state index < -0.39 is 29.4 Å². The van der Waals surface area contributed by atoms with Crippen LogP contribution in [0.1, 0.15) is 106 Å². The Morgan fingerprint density at radius 2 is 1.00 bits per heavy atom. The number of halogens is 6. The quantitative estimate of drug-likeness (QED) is 0.0594. The average Bonchev–Trinajstić information content (AvgIpc) is 3.85. The number of fused-ring (bicyclic) bond motifs is 2. The van der Waals surface area contributed by atoms with Crippen LogP contribution in [0.3, 0.4) is 0 Å². The van der Waals surface area contributed by atoms with Crippen molar-refractivity contribution < 1.29 is 90.4 Å². The summed E-state index contributed by atoms with van der Waals surface area (Å²) in [6.07, 6.45) is -3.41. The van der Waals surface area contributed by atoms with Gasteiger partial charge in [0, 0.05) is 21.9 Å². The second-order valence-electron chi connectivity index (χ2n) is 18.4. The monoisotopic (exact) mass is 940 g/mol. The molecule has 6 aliphatic rings. The first-order valence-corrected chi connectivity index (χ1v) is 20.9. The van der Waals surface area contributed by atoms with Gasteiger partial charge in [0.25, 0.3) is 11.8 Å². The largest absolute Gasteiger partial charge is 1.00 e. The molecule has 0 atom stereocenters. The fourth-order valence-electron chi connectivity index (χ4n) is 10.9. The number of hydrogen-bond donors (Lipinski definition) is 5. The number of carboxylic acids is 1. The van der Waals surface area contributed by atoms with Crippen LogP contribution in [0.2, 0.25) is 0 Å². The summed E-state index contributed by atoms with van der Waals surface area (Å²) < 4.78 is 81.8. The number of ether oxygens (including phenoxy) is 1. The number of methoxy groups -OCH3 is 1. The molecule has 12 rings (SSSR count). The van der Waals surface area contributed by atoms with Crippen molar-refractivity contribution in [2.75, 3.05) is 7.11 Å². The Hall–Kier alpha value is -5.76. The molecule has 6 aliphatic carbocycles. The van der Waals surface area contributed by atoms with Gasteiger partial charge in [-0.3, -0.25) is 29.4 Å². The molecule has 0 saturated heterocycles. The molecule has 4 bridgehead atoms. The number of carbonyl (C=O) groups excluding carboxylic acids is 3. The average molecular weight is 941 g/mol. The van der Waals surface area contributed by atoms with E-state index in [-0.39, 0.29) is 92.5 Å². The zero-order valence-corrected chi connectivity index (χ0v) is 38.3. The minimum Gasteiger partial charge on any atom is -0.870 e. The van der Waals surface area contributed by atoms with Crippen LogP contribution in [0.5, 0.6) is 0 Å². The molecular formula is C47H43F6N6NaO7. The van der Waals surface area contributed by atoms with Crippen LogP contribution in [0.15, 0.2) is 84.9 Å². The number of amides is 2. The molecule has 346 valence electrons. The molecule has 6 aromatic rings. The standard InChI is InChI=1S/C24H22F3N3O3.C23H20F3N3O3.Na.H2O/c1-33-18(31)10-22-11-23(12-22,13-22)28-21(32)20-19-15(3-2-4-17(19)29-30-20)9-14-5-7-16(8-6-14)24(25,26)27;24-23(25,26)15-6-4-13(5-7-15)8-14-2-1-3-16-18(14)19(29-28-16)20(32)27-22-10-21(11-22,12-22)9-17(30)31;;/h2-8H,9-13H2,1H3,(H,28,32)(H,29,30);1-7H,8-12H2,(H,27,32)(H,28,29)(H,30,31);;1H2/q;;+1;/p-1. The van der Waals surface area contributed by atoms with Gasteiger partial charge in [-0.2, -0.15) is 36.5 Å². The van der Waals surface area contributed by atoms with Crippen LogP contribution in [-0.2, 0) is 39.5 Å². The van der Waals surface area contributed by atoms with Crippen molar-refractivity contribution >= 4 is 45.6 Å². The van der Waals surface area contributed by atoms with E-state index in [0.717, 1.165) is 54.7 Å². The van der Waals surface area contributed by atoms with Gasteiger partial charge in [0.2, 0.25) is 0 Å². The molecule has 0 spiro atoms. The third-order valence-corrected chi connectivity index (χ3v) is 13.4. The van der Waals surface area contributed by atoms with Crippen molar-refractivity contribution in [1.29, 1.82) is 0 Å². The number of nitrogens with one attached hydrogen (secondary N) is 4.